The summed E-state index contributed by atoms with van der Waals surface area (Å²) in [7, 11) is 0. The number of carbonyl (C=O) groups is 1. The lowest BCUT2D eigenvalue weighted by atomic mass is 9.88. The van der Waals surface area contributed by atoms with Crippen molar-refractivity contribution in [1.82, 2.24) is 4.98 Å². The number of carbonyl (C=O) groups excluding carboxylic acids is 1. The van der Waals surface area contributed by atoms with Crippen LogP contribution in [0.25, 0.3) is 0 Å². The van der Waals surface area contributed by atoms with Gasteiger partial charge in [0.1, 0.15) is 0 Å². The SMILES string of the molecule is CCOC(=O)C(C)(C#N)c1ncc(Cl)cc1Br. The zero-order chi connectivity index (χ0) is 13.1. The molecule has 0 aliphatic heterocycles. The summed E-state index contributed by atoms with van der Waals surface area (Å²) < 4.78 is 5.38. The predicted octanol–water partition coefficient (Wildman–Crippen LogP) is 2.84. The molecule has 0 amide bonds. The Labute approximate surface area is 113 Å². The largest absolute Gasteiger partial charge is 0.465 e. The van der Waals surface area contributed by atoms with Crippen LogP contribution >= 0.6 is 27.5 Å². The molecule has 4 nitrogen and oxygen atoms in total. The summed E-state index contributed by atoms with van der Waals surface area (Å²) in [6.07, 6.45) is 1.39. The monoisotopic (exact) mass is 316 g/mol. The second kappa shape index (κ2) is 5.48. The molecule has 0 aliphatic carbocycles. The fraction of sp³-hybridized carbons (Fsp3) is 0.364. The van der Waals surface area contributed by atoms with Crippen LogP contribution in [-0.4, -0.2) is 17.6 Å². The molecule has 0 aliphatic rings. The summed E-state index contributed by atoms with van der Waals surface area (Å²) in [6.45, 7) is 3.35. The second-order valence-corrected chi connectivity index (χ2v) is 4.73. The van der Waals surface area contributed by atoms with Crippen molar-refractivity contribution in [1.29, 1.82) is 5.26 Å². The first-order valence-electron chi connectivity index (χ1n) is 4.85. The van der Waals surface area contributed by atoms with Crippen molar-refractivity contribution in [2.45, 2.75) is 19.3 Å². The number of hydrogen-bond acceptors (Lipinski definition) is 4. The van der Waals surface area contributed by atoms with E-state index in [-0.39, 0.29) is 6.61 Å². The number of hydrogen-bond donors (Lipinski definition) is 0. The van der Waals surface area contributed by atoms with Crippen molar-refractivity contribution in [2.75, 3.05) is 6.61 Å². The molecular weight excluding hydrogens is 307 g/mol. The molecule has 0 saturated carbocycles. The molecule has 1 unspecified atom stereocenters. The average Bonchev–Trinajstić information content (AvgIpc) is 2.28. The van der Waals surface area contributed by atoms with Crippen LogP contribution in [0, 0.1) is 11.3 Å². The number of nitriles is 1. The van der Waals surface area contributed by atoms with Gasteiger partial charge >= 0.3 is 5.97 Å². The zero-order valence-corrected chi connectivity index (χ0v) is 11.7. The highest BCUT2D eigenvalue weighted by Crippen LogP contribution is 2.31. The highest BCUT2D eigenvalue weighted by atomic mass is 79.9. The van der Waals surface area contributed by atoms with Crippen LogP contribution in [0.2, 0.25) is 5.02 Å². The standard InChI is InChI=1S/C11H10BrClN2O2/c1-3-17-10(16)11(2,6-14)9-8(12)4-7(13)5-15-9/h4-5H,3H2,1-2H3. The van der Waals surface area contributed by atoms with Crippen LogP contribution < -0.4 is 0 Å². The topological polar surface area (TPSA) is 63.0 Å². The van der Waals surface area contributed by atoms with E-state index in [2.05, 4.69) is 20.9 Å². The van der Waals surface area contributed by atoms with E-state index in [1.807, 2.05) is 6.07 Å². The van der Waals surface area contributed by atoms with Gasteiger partial charge in [0.15, 0.2) is 5.41 Å². The van der Waals surface area contributed by atoms with Crippen LogP contribution in [0.1, 0.15) is 19.5 Å². The van der Waals surface area contributed by atoms with Gasteiger partial charge in [-0.15, -0.1) is 0 Å². The quantitative estimate of drug-likeness (QED) is 0.804. The van der Waals surface area contributed by atoms with Gasteiger partial charge in [-0.2, -0.15) is 5.26 Å². The lowest BCUT2D eigenvalue weighted by Crippen LogP contribution is -2.34. The third-order valence-electron chi connectivity index (χ3n) is 2.19. The van der Waals surface area contributed by atoms with Gasteiger partial charge in [0.25, 0.3) is 0 Å². The van der Waals surface area contributed by atoms with E-state index < -0.39 is 11.4 Å². The Morgan fingerprint density at radius 2 is 2.41 bits per heavy atom. The van der Waals surface area contributed by atoms with E-state index in [9.17, 15) is 10.1 Å². The summed E-state index contributed by atoms with van der Waals surface area (Å²) in [5, 5.41) is 9.61. The van der Waals surface area contributed by atoms with Gasteiger partial charge in [-0.1, -0.05) is 11.6 Å². The molecule has 1 aromatic rings. The Balaban J connectivity index is 3.26. The van der Waals surface area contributed by atoms with Crippen molar-refractivity contribution in [3.63, 3.8) is 0 Å². The highest BCUT2D eigenvalue weighted by Gasteiger charge is 2.40. The summed E-state index contributed by atoms with van der Waals surface area (Å²) in [5.41, 5.74) is -1.15. The van der Waals surface area contributed by atoms with Crippen LogP contribution in [0.5, 0.6) is 0 Å². The minimum absolute atomic E-state index is 0.210. The van der Waals surface area contributed by atoms with Gasteiger partial charge < -0.3 is 4.74 Å². The maximum absolute atomic E-state index is 11.8. The summed E-state index contributed by atoms with van der Waals surface area (Å²) in [4.78, 5) is 15.8. The zero-order valence-electron chi connectivity index (χ0n) is 9.33. The minimum Gasteiger partial charge on any atom is -0.465 e. The smallest absolute Gasteiger partial charge is 0.332 e. The maximum atomic E-state index is 11.8. The predicted molar refractivity (Wildman–Crippen MR) is 66.5 cm³/mol. The van der Waals surface area contributed by atoms with Gasteiger partial charge in [0.2, 0.25) is 0 Å². The molecular formula is C11H10BrClN2O2. The lowest BCUT2D eigenvalue weighted by Gasteiger charge is -2.19. The number of halogens is 2. The van der Waals surface area contributed by atoms with Crippen molar-refractivity contribution < 1.29 is 9.53 Å². The van der Waals surface area contributed by atoms with E-state index >= 15 is 0 Å². The van der Waals surface area contributed by atoms with Gasteiger partial charge in [-0.25, -0.2) is 4.79 Å². The molecule has 90 valence electrons. The number of aromatic nitrogens is 1. The molecule has 0 radical (unpaired) electrons. The Kier molecular flexibility index (Phi) is 4.49. The molecule has 0 aromatic carbocycles. The van der Waals surface area contributed by atoms with E-state index in [4.69, 9.17) is 16.3 Å². The lowest BCUT2D eigenvalue weighted by molar-refractivity contribution is -0.147. The van der Waals surface area contributed by atoms with Gasteiger partial charge in [0, 0.05) is 10.7 Å². The number of rotatable bonds is 3. The molecule has 17 heavy (non-hydrogen) atoms. The molecule has 0 saturated heterocycles. The normalized spacial score (nSPS) is 13.6. The molecule has 0 N–H and O–H groups in total. The molecule has 0 fully saturated rings. The maximum Gasteiger partial charge on any atom is 0.332 e. The minimum atomic E-state index is -1.45. The second-order valence-electron chi connectivity index (χ2n) is 3.44. The number of esters is 1. The molecule has 1 atom stereocenters. The van der Waals surface area contributed by atoms with Gasteiger partial charge in [-0.05, 0) is 35.8 Å². The number of ether oxygens (including phenoxy) is 1. The van der Waals surface area contributed by atoms with E-state index in [0.717, 1.165) is 0 Å². The van der Waals surface area contributed by atoms with E-state index in [1.54, 1.807) is 13.0 Å². The van der Waals surface area contributed by atoms with Crippen molar-refractivity contribution in [3.8, 4) is 6.07 Å². The first-order chi connectivity index (χ1) is 7.95. The van der Waals surface area contributed by atoms with Gasteiger partial charge in [-0.3, -0.25) is 4.98 Å². The first-order valence-corrected chi connectivity index (χ1v) is 6.02. The van der Waals surface area contributed by atoms with Crippen molar-refractivity contribution in [3.05, 3.63) is 27.5 Å². The Bertz CT molecular complexity index is 487. The summed E-state index contributed by atoms with van der Waals surface area (Å²) in [6, 6.07) is 3.51. The molecule has 0 spiro atoms. The number of pyridine rings is 1. The Hall–Kier alpha value is -1.12. The summed E-state index contributed by atoms with van der Waals surface area (Å²) >= 11 is 9.00. The average molecular weight is 318 g/mol. The van der Waals surface area contributed by atoms with E-state index in [1.165, 1.54) is 13.1 Å². The van der Waals surface area contributed by atoms with Crippen molar-refractivity contribution in [2.24, 2.45) is 0 Å². The third kappa shape index (κ3) is 2.76. The fourth-order valence-electron chi connectivity index (χ4n) is 1.25. The van der Waals surface area contributed by atoms with Crippen LogP contribution in [0.3, 0.4) is 0 Å². The molecule has 0 bridgehead atoms. The Morgan fingerprint density at radius 3 is 2.88 bits per heavy atom. The van der Waals surface area contributed by atoms with Gasteiger partial charge in [0.05, 0.1) is 23.4 Å². The number of nitrogens with zero attached hydrogens (tertiary/aromatic N) is 2. The van der Waals surface area contributed by atoms with Crippen molar-refractivity contribution >= 4 is 33.5 Å². The third-order valence-corrected chi connectivity index (χ3v) is 3.00. The summed E-state index contributed by atoms with van der Waals surface area (Å²) in [5.74, 6) is -0.627. The highest BCUT2D eigenvalue weighted by molar-refractivity contribution is 9.10. The Morgan fingerprint density at radius 1 is 1.76 bits per heavy atom. The molecule has 6 heteroatoms. The molecule has 1 heterocycles. The first kappa shape index (κ1) is 13.9. The van der Waals surface area contributed by atoms with E-state index in [0.29, 0.717) is 15.2 Å². The molecule has 1 aromatic heterocycles. The fourth-order valence-corrected chi connectivity index (χ4v) is 2.29. The van der Waals surface area contributed by atoms with Crippen LogP contribution in [0.4, 0.5) is 0 Å². The molecule has 1 rings (SSSR count). The van der Waals surface area contributed by atoms with Crippen LogP contribution in [-0.2, 0) is 14.9 Å². The van der Waals surface area contributed by atoms with Crippen LogP contribution in [0.15, 0.2) is 16.7 Å².